The molecule has 88 valence electrons. The van der Waals surface area contributed by atoms with Gasteiger partial charge in [-0.1, -0.05) is 18.2 Å². The lowest BCUT2D eigenvalue weighted by Gasteiger charge is -2.27. The van der Waals surface area contributed by atoms with E-state index < -0.39 is 0 Å². The van der Waals surface area contributed by atoms with E-state index in [9.17, 15) is 0 Å². The van der Waals surface area contributed by atoms with Gasteiger partial charge in [0.25, 0.3) is 0 Å². The van der Waals surface area contributed by atoms with Crippen LogP contribution in [0.1, 0.15) is 19.4 Å². The van der Waals surface area contributed by atoms with E-state index in [0.717, 1.165) is 5.75 Å². The molecule has 1 aliphatic heterocycles. The molecule has 0 bridgehead atoms. The fourth-order valence-electron chi connectivity index (χ4n) is 2.32. The van der Waals surface area contributed by atoms with Gasteiger partial charge in [0, 0.05) is 22.4 Å². The highest BCUT2D eigenvalue weighted by molar-refractivity contribution is 7.98. The van der Waals surface area contributed by atoms with Gasteiger partial charge in [-0.15, -0.1) is 11.8 Å². The number of hydrogen-bond acceptors (Lipinski definition) is 2. The summed E-state index contributed by atoms with van der Waals surface area (Å²) in [6.45, 7) is 4.08. The molecule has 2 N–H and O–H groups in total. The van der Waals surface area contributed by atoms with Crippen LogP contribution in [-0.2, 0) is 11.4 Å². The fourth-order valence-corrected chi connectivity index (χ4v) is 3.35. The Morgan fingerprint density at radius 3 is 2.76 bits per heavy atom. The number of fused-ring (bicyclic) bond motifs is 3. The molecule has 2 nitrogen and oxygen atoms in total. The van der Waals surface area contributed by atoms with Crippen LogP contribution < -0.4 is 5.73 Å². The molecule has 2 aromatic rings. The van der Waals surface area contributed by atoms with Crippen LogP contribution in [0.25, 0.3) is 11.3 Å². The highest BCUT2D eigenvalue weighted by Gasteiger charge is 2.24. The van der Waals surface area contributed by atoms with Crippen molar-refractivity contribution in [1.29, 1.82) is 0 Å². The van der Waals surface area contributed by atoms with E-state index in [1.165, 1.54) is 21.7 Å². The lowest BCUT2D eigenvalue weighted by Crippen LogP contribution is -2.36. The Hall–Kier alpha value is -1.19. The van der Waals surface area contributed by atoms with Gasteiger partial charge in [0.05, 0.1) is 11.4 Å². The number of rotatable bonds is 1. The maximum Gasteiger partial charge on any atom is 0.0869 e. The number of aromatic nitrogens is 1. The largest absolute Gasteiger partial charge is 0.329 e. The number of hydrogen-bond donors (Lipinski definition) is 1. The topological polar surface area (TPSA) is 30.9 Å². The van der Waals surface area contributed by atoms with E-state index in [1.807, 2.05) is 25.6 Å². The van der Waals surface area contributed by atoms with Crippen molar-refractivity contribution in [1.82, 2.24) is 4.57 Å². The second-order valence-corrected chi connectivity index (χ2v) is 6.02. The molecule has 1 aromatic heterocycles. The van der Waals surface area contributed by atoms with Gasteiger partial charge in [-0.05, 0) is 31.5 Å². The predicted molar refractivity (Wildman–Crippen MR) is 72.9 cm³/mol. The van der Waals surface area contributed by atoms with Gasteiger partial charge < -0.3 is 10.3 Å². The first kappa shape index (κ1) is 10.9. The summed E-state index contributed by atoms with van der Waals surface area (Å²) in [6, 6.07) is 10.7. The minimum absolute atomic E-state index is 0.358. The standard InChI is InChI=1S/C14H16N2S/c1-14(2,15)16-8-7-10-9-17-12-6-4-3-5-11(12)13(10)16/h3-8H,9,15H2,1-2H3. The van der Waals surface area contributed by atoms with Gasteiger partial charge in [-0.3, -0.25) is 0 Å². The van der Waals surface area contributed by atoms with Crippen molar-refractivity contribution in [3.05, 3.63) is 42.1 Å². The molecular formula is C14H16N2S. The van der Waals surface area contributed by atoms with Gasteiger partial charge >= 0.3 is 0 Å². The van der Waals surface area contributed by atoms with Gasteiger partial charge in [-0.25, -0.2) is 0 Å². The molecule has 1 aromatic carbocycles. The molecule has 0 saturated carbocycles. The van der Waals surface area contributed by atoms with Crippen molar-refractivity contribution in [3.63, 3.8) is 0 Å². The third-order valence-electron chi connectivity index (χ3n) is 3.12. The molecule has 0 atom stereocenters. The molecule has 0 unspecified atom stereocenters. The van der Waals surface area contributed by atoms with Crippen LogP contribution in [-0.4, -0.2) is 4.57 Å². The summed E-state index contributed by atoms with van der Waals surface area (Å²) in [5.74, 6) is 1.04. The van der Waals surface area contributed by atoms with Gasteiger partial charge in [0.15, 0.2) is 0 Å². The minimum Gasteiger partial charge on any atom is -0.329 e. The molecule has 17 heavy (non-hydrogen) atoms. The normalized spacial score (nSPS) is 14.3. The fraction of sp³-hybridized carbons (Fsp3) is 0.286. The zero-order chi connectivity index (χ0) is 12.0. The second-order valence-electron chi connectivity index (χ2n) is 5.00. The molecule has 0 saturated heterocycles. The highest BCUT2D eigenvalue weighted by atomic mass is 32.2. The van der Waals surface area contributed by atoms with Crippen molar-refractivity contribution in [3.8, 4) is 11.3 Å². The number of nitrogens with zero attached hydrogens (tertiary/aromatic N) is 1. The van der Waals surface area contributed by atoms with E-state index in [0.29, 0.717) is 0 Å². The summed E-state index contributed by atoms with van der Waals surface area (Å²) in [5.41, 5.74) is 9.85. The van der Waals surface area contributed by atoms with Crippen LogP contribution in [0, 0.1) is 0 Å². The summed E-state index contributed by atoms with van der Waals surface area (Å²) < 4.78 is 2.18. The molecule has 1 aliphatic rings. The zero-order valence-electron chi connectivity index (χ0n) is 10.1. The summed E-state index contributed by atoms with van der Waals surface area (Å²) >= 11 is 1.90. The van der Waals surface area contributed by atoms with Gasteiger partial charge in [-0.2, -0.15) is 0 Å². The zero-order valence-corrected chi connectivity index (χ0v) is 10.9. The number of nitrogens with two attached hydrogens (primary N) is 1. The Bertz CT molecular complexity index is 564. The van der Waals surface area contributed by atoms with Crippen LogP contribution >= 0.6 is 11.8 Å². The van der Waals surface area contributed by atoms with Crippen molar-refractivity contribution in [2.75, 3.05) is 0 Å². The van der Waals surface area contributed by atoms with Crippen LogP contribution in [0.2, 0.25) is 0 Å². The van der Waals surface area contributed by atoms with Crippen LogP contribution in [0.4, 0.5) is 0 Å². The van der Waals surface area contributed by atoms with E-state index in [4.69, 9.17) is 5.73 Å². The minimum atomic E-state index is -0.358. The van der Waals surface area contributed by atoms with Crippen molar-refractivity contribution >= 4 is 11.8 Å². The third-order valence-corrected chi connectivity index (χ3v) is 4.24. The first-order valence-electron chi connectivity index (χ1n) is 5.79. The van der Waals surface area contributed by atoms with Crippen molar-refractivity contribution < 1.29 is 0 Å². The lowest BCUT2D eigenvalue weighted by atomic mass is 10.1. The molecule has 0 fully saturated rings. The Balaban J connectivity index is 2.27. The molecule has 0 spiro atoms. The molecule has 0 radical (unpaired) electrons. The van der Waals surface area contributed by atoms with Crippen molar-refractivity contribution in [2.24, 2.45) is 5.73 Å². The Morgan fingerprint density at radius 1 is 1.24 bits per heavy atom. The molecule has 0 aliphatic carbocycles. The predicted octanol–water partition coefficient (Wildman–Crippen LogP) is 3.41. The molecular weight excluding hydrogens is 228 g/mol. The maximum absolute atomic E-state index is 6.24. The van der Waals surface area contributed by atoms with E-state index in [2.05, 4.69) is 41.1 Å². The smallest absolute Gasteiger partial charge is 0.0869 e. The number of thioether (sulfide) groups is 1. The van der Waals surface area contributed by atoms with Crippen molar-refractivity contribution in [2.45, 2.75) is 30.2 Å². The average Bonchev–Trinajstić information content (AvgIpc) is 2.72. The Morgan fingerprint density at radius 2 is 2.00 bits per heavy atom. The van der Waals surface area contributed by atoms with E-state index >= 15 is 0 Å². The number of benzene rings is 1. The summed E-state index contributed by atoms with van der Waals surface area (Å²) in [7, 11) is 0. The quantitative estimate of drug-likeness (QED) is 0.833. The SMILES string of the molecule is CC(C)(N)n1ccc2c1-c1ccccc1SC2. The van der Waals surface area contributed by atoms with Gasteiger partial charge in [0.2, 0.25) is 0 Å². The monoisotopic (exact) mass is 244 g/mol. The first-order valence-corrected chi connectivity index (χ1v) is 6.78. The molecule has 3 heteroatoms. The Kier molecular flexibility index (Phi) is 2.35. The first-order chi connectivity index (χ1) is 8.07. The summed E-state index contributed by atoms with van der Waals surface area (Å²) in [4.78, 5) is 1.35. The van der Waals surface area contributed by atoms with Gasteiger partial charge in [0.1, 0.15) is 0 Å². The highest BCUT2D eigenvalue weighted by Crippen LogP contribution is 2.42. The molecule has 2 heterocycles. The van der Waals surface area contributed by atoms with Crippen LogP contribution in [0.5, 0.6) is 0 Å². The molecule has 0 amide bonds. The van der Waals surface area contributed by atoms with Crippen LogP contribution in [0.15, 0.2) is 41.4 Å². The van der Waals surface area contributed by atoms with Crippen LogP contribution in [0.3, 0.4) is 0 Å². The van der Waals surface area contributed by atoms with E-state index in [1.54, 1.807) is 0 Å². The summed E-state index contributed by atoms with van der Waals surface area (Å²) in [6.07, 6.45) is 2.10. The molecule has 3 rings (SSSR count). The lowest BCUT2D eigenvalue weighted by molar-refractivity contribution is 0.376. The second kappa shape index (κ2) is 3.65. The summed E-state index contributed by atoms with van der Waals surface area (Å²) in [5, 5.41) is 0. The third kappa shape index (κ3) is 1.70. The average molecular weight is 244 g/mol. The van der Waals surface area contributed by atoms with E-state index in [-0.39, 0.29) is 5.66 Å². The Labute approximate surface area is 106 Å². The maximum atomic E-state index is 6.24.